The van der Waals surface area contributed by atoms with E-state index in [1.807, 2.05) is 24.4 Å². The van der Waals surface area contributed by atoms with Gasteiger partial charge in [-0.3, -0.25) is 14.5 Å². The zero-order valence-corrected chi connectivity index (χ0v) is 11.3. The maximum atomic E-state index is 11.8. The van der Waals surface area contributed by atoms with Gasteiger partial charge in [0.25, 0.3) is 0 Å². The van der Waals surface area contributed by atoms with E-state index in [9.17, 15) is 9.59 Å². The van der Waals surface area contributed by atoms with Gasteiger partial charge in [-0.2, -0.15) is 0 Å². The predicted octanol–water partition coefficient (Wildman–Crippen LogP) is 1.06. The summed E-state index contributed by atoms with van der Waals surface area (Å²) < 4.78 is 0. The van der Waals surface area contributed by atoms with E-state index in [0.717, 1.165) is 11.9 Å². The molecule has 0 bridgehead atoms. The van der Waals surface area contributed by atoms with Crippen LogP contribution in [0.4, 0.5) is 0 Å². The summed E-state index contributed by atoms with van der Waals surface area (Å²) >= 11 is 0. The van der Waals surface area contributed by atoms with Crippen LogP contribution in [0.5, 0.6) is 0 Å². The fraction of sp³-hybridized carbons (Fsp3) is 0.333. The van der Waals surface area contributed by atoms with Gasteiger partial charge in [0.2, 0.25) is 11.8 Å². The number of imide groups is 1. The van der Waals surface area contributed by atoms with Crippen molar-refractivity contribution in [2.75, 3.05) is 13.6 Å². The zero-order valence-electron chi connectivity index (χ0n) is 11.3. The molecule has 2 amide bonds. The molecule has 1 aromatic heterocycles. The Kier molecular flexibility index (Phi) is 3.28. The Balaban J connectivity index is 1.61. The average Bonchev–Trinajstić information content (AvgIpc) is 2.97. The molecule has 20 heavy (non-hydrogen) atoms. The van der Waals surface area contributed by atoms with E-state index in [2.05, 4.69) is 16.4 Å². The zero-order chi connectivity index (χ0) is 14.1. The van der Waals surface area contributed by atoms with Gasteiger partial charge in [-0.1, -0.05) is 18.2 Å². The number of carbonyl (C=O) groups is 2. The predicted molar refractivity (Wildman–Crippen MR) is 76.2 cm³/mol. The number of fused-ring (bicyclic) bond motifs is 1. The van der Waals surface area contributed by atoms with Crippen LogP contribution in [-0.4, -0.2) is 41.3 Å². The van der Waals surface area contributed by atoms with Crippen LogP contribution in [-0.2, 0) is 16.0 Å². The highest BCUT2D eigenvalue weighted by molar-refractivity contribution is 6.05. The number of likely N-dealkylation sites (N-methyl/N-ethyl adjacent to an activating group) is 1. The minimum Gasteiger partial charge on any atom is -0.361 e. The molecule has 0 radical (unpaired) electrons. The summed E-state index contributed by atoms with van der Waals surface area (Å²) in [6.07, 6.45) is 3.09. The lowest BCUT2D eigenvalue weighted by molar-refractivity contribution is -0.137. The quantitative estimate of drug-likeness (QED) is 0.817. The molecule has 3 rings (SSSR count). The molecule has 1 aliphatic rings. The van der Waals surface area contributed by atoms with Crippen molar-refractivity contribution in [3.05, 3.63) is 36.0 Å². The Hall–Kier alpha value is -2.14. The first-order chi connectivity index (χ1) is 9.66. The van der Waals surface area contributed by atoms with E-state index in [0.29, 0.717) is 6.54 Å². The minimum absolute atomic E-state index is 0.111. The molecule has 2 N–H and O–H groups in total. The first-order valence-electron chi connectivity index (χ1n) is 6.75. The van der Waals surface area contributed by atoms with Gasteiger partial charge in [-0.15, -0.1) is 0 Å². The van der Waals surface area contributed by atoms with Crippen molar-refractivity contribution < 1.29 is 9.59 Å². The number of rotatable bonds is 4. The summed E-state index contributed by atoms with van der Waals surface area (Å²) in [6.45, 7) is 0.680. The molecular formula is C15H17N3O2. The van der Waals surface area contributed by atoms with E-state index < -0.39 is 0 Å². The number of aromatic nitrogens is 1. The summed E-state index contributed by atoms with van der Waals surface area (Å²) in [6, 6.07) is 7.78. The van der Waals surface area contributed by atoms with Crippen LogP contribution in [0.1, 0.15) is 12.0 Å². The highest BCUT2D eigenvalue weighted by Crippen LogP contribution is 2.18. The fourth-order valence-corrected chi connectivity index (χ4v) is 2.63. The number of likely N-dealkylation sites (tertiary alicyclic amines) is 1. The van der Waals surface area contributed by atoms with Crippen molar-refractivity contribution in [1.82, 2.24) is 15.2 Å². The van der Waals surface area contributed by atoms with Crippen LogP contribution >= 0.6 is 0 Å². The van der Waals surface area contributed by atoms with Crippen molar-refractivity contribution in [2.24, 2.45) is 0 Å². The molecule has 0 saturated carbocycles. The normalized spacial score (nSPS) is 19.2. The van der Waals surface area contributed by atoms with Gasteiger partial charge in [0.05, 0.1) is 12.5 Å². The Morgan fingerprint density at radius 3 is 2.90 bits per heavy atom. The molecule has 1 unspecified atom stereocenters. The number of amides is 2. The molecule has 104 valence electrons. The summed E-state index contributed by atoms with van der Waals surface area (Å²) in [5, 5.41) is 4.38. The highest BCUT2D eigenvalue weighted by Gasteiger charge is 2.35. The van der Waals surface area contributed by atoms with Crippen LogP contribution in [0.15, 0.2) is 30.5 Å². The summed E-state index contributed by atoms with van der Waals surface area (Å²) in [4.78, 5) is 27.6. The minimum atomic E-state index is -0.363. The number of hydrogen-bond donors (Lipinski definition) is 2. The van der Waals surface area contributed by atoms with Crippen molar-refractivity contribution in [3.63, 3.8) is 0 Å². The van der Waals surface area contributed by atoms with Crippen LogP contribution < -0.4 is 5.32 Å². The van der Waals surface area contributed by atoms with Crippen molar-refractivity contribution in [1.29, 1.82) is 0 Å². The molecule has 1 aromatic carbocycles. The van der Waals surface area contributed by atoms with Crippen LogP contribution in [0, 0.1) is 0 Å². The third-order valence-electron chi connectivity index (χ3n) is 3.84. The maximum absolute atomic E-state index is 11.8. The van der Waals surface area contributed by atoms with Crippen molar-refractivity contribution in [3.8, 4) is 0 Å². The Morgan fingerprint density at radius 1 is 1.35 bits per heavy atom. The summed E-state index contributed by atoms with van der Waals surface area (Å²) in [7, 11) is 1.53. The molecule has 1 aliphatic heterocycles. The Morgan fingerprint density at radius 2 is 2.15 bits per heavy atom. The summed E-state index contributed by atoms with van der Waals surface area (Å²) in [5.41, 5.74) is 2.34. The van der Waals surface area contributed by atoms with Gasteiger partial charge < -0.3 is 10.3 Å². The largest absolute Gasteiger partial charge is 0.361 e. The van der Waals surface area contributed by atoms with Crippen LogP contribution in [0.3, 0.4) is 0 Å². The second-order valence-electron chi connectivity index (χ2n) is 5.11. The van der Waals surface area contributed by atoms with Crippen LogP contribution in [0.2, 0.25) is 0 Å². The second kappa shape index (κ2) is 5.09. The second-order valence-corrected chi connectivity index (χ2v) is 5.11. The number of H-pyrrole nitrogens is 1. The van der Waals surface area contributed by atoms with Gasteiger partial charge in [-0.05, 0) is 18.1 Å². The number of nitrogens with zero attached hydrogens (tertiary/aromatic N) is 1. The van der Waals surface area contributed by atoms with Crippen molar-refractivity contribution in [2.45, 2.75) is 18.9 Å². The van der Waals surface area contributed by atoms with E-state index in [1.54, 1.807) is 0 Å². The van der Waals surface area contributed by atoms with E-state index in [1.165, 1.54) is 22.9 Å². The first kappa shape index (κ1) is 12.9. The van der Waals surface area contributed by atoms with Crippen molar-refractivity contribution >= 4 is 22.7 Å². The van der Waals surface area contributed by atoms with Crippen LogP contribution in [0.25, 0.3) is 10.9 Å². The number of aromatic amines is 1. The molecule has 5 nitrogen and oxygen atoms in total. The van der Waals surface area contributed by atoms with Gasteiger partial charge >= 0.3 is 0 Å². The van der Waals surface area contributed by atoms with Gasteiger partial charge in [0, 0.05) is 30.7 Å². The topological polar surface area (TPSA) is 65.2 Å². The molecule has 1 atom stereocenters. The third-order valence-corrected chi connectivity index (χ3v) is 3.84. The monoisotopic (exact) mass is 271 g/mol. The molecule has 1 fully saturated rings. The van der Waals surface area contributed by atoms with Gasteiger partial charge in [0.15, 0.2) is 0 Å². The Bertz CT molecular complexity index is 662. The van der Waals surface area contributed by atoms with E-state index in [-0.39, 0.29) is 24.3 Å². The highest BCUT2D eigenvalue weighted by atomic mass is 16.2. The van der Waals surface area contributed by atoms with Gasteiger partial charge in [-0.25, -0.2) is 0 Å². The molecule has 0 aliphatic carbocycles. The molecule has 2 heterocycles. The first-order valence-corrected chi connectivity index (χ1v) is 6.75. The number of benzene rings is 1. The third kappa shape index (κ3) is 2.20. The summed E-state index contributed by atoms with van der Waals surface area (Å²) in [5.74, 6) is -0.242. The lowest BCUT2D eigenvalue weighted by Gasteiger charge is -2.10. The molecule has 2 aromatic rings. The van der Waals surface area contributed by atoms with Gasteiger partial charge in [0.1, 0.15) is 0 Å². The van der Waals surface area contributed by atoms with E-state index in [4.69, 9.17) is 0 Å². The molecular weight excluding hydrogens is 254 g/mol. The maximum Gasteiger partial charge on any atom is 0.246 e. The number of hydrogen-bond acceptors (Lipinski definition) is 3. The van der Waals surface area contributed by atoms with E-state index >= 15 is 0 Å². The Labute approximate surface area is 117 Å². The SMILES string of the molecule is CN1C(=O)CC(NCCc2c[nH]c3ccccc23)C1=O. The molecule has 5 heteroatoms. The molecule has 1 saturated heterocycles. The standard InChI is InChI=1S/C15H17N3O2/c1-18-14(19)8-13(15(18)20)16-7-6-10-9-17-12-5-3-2-4-11(10)12/h2-5,9,13,16-17H,6-8H2,1H3. The fourth-order valence-electron chi connectivity index (χ4n) is 2.63. The number of para-hydroxylation sites is 1. The lowest BCUT2D eigenvalue weighted by Crippen LogP contribution is -2.38. The number of carbonyl (C=O) groups excluding carboxylic acids is 2. The lowest BCUT2D eigenvalue weighted by atomic mass is 10.1. The smallest absolute Gasteiger partial charge is 0.246 e. The average molecular weight is 271 g/mol. The molecule has 0 spiro atoms. The number of nitrogens with one attached hydrogen (secondary N) is 2.